The fourth-order valence-corrected chi connectivity index (χ4v) is 1.91. The molecule has 4 nitrogen and oxygen atoms in total. The third-order valence-electron chi connectivity index (χ3n) is 2.91. The summed E-state index contributed by atoms with van der Waals surface area (Å²) in [5, 5.41) is 9.99. The molecule has 0 saturated heterocycles. The van der Waals surface area contributed by atoms with Crippen molar-refractivity contribution in [2.45, 2.75) is 31.6 Å². The predicted octanol–water partition coefficient (Wildman–Crippen LogP) is 1.77. The molecule has 0 aliphatic carbocycles. The molecule has 1 aliphatic rings. The van der Waals surface area contributed by atoms with Crippen LogP contribution in [0.4, 0.5) is 5.69 Å². The van der Waals surface area contributed by atoms with Crippen LogP contribution >= 0.6 is 0 Å². The lowest BCUT2D eigenvalue weighted by Crippen LogP contribution is -2.51. The maximum Gasteiger partial charge on any atom is 0.187 e. The third kappa shape index (κ3) is 1.54. The Bertz CT molecular complexity index is 463. The highest BCUT2D eigenvalue weighted by atomic mass is 16.5. The first-order chi connectivity index (χ1) is 7.45. The van der Waals surface area contributed by atoms with Gasteiger partial charge in [0.25, 0.3) is 0 Å². The monoisotopic (exact) mass is 218 g/mol. The number of aliphatic hydroxyl groups is 1. The molecule has 1 aliphatic heterocycles. The van der Waals surface area contributed by atoms with Crippen LogP contribution in [0.15, 0.2) is 18.2 Å². The van der Waals surface area contributed by atoms with Gasteiger partial charge in [-0.2, -0.15) is 0 Å². The number of rotatable bonds is 0. The van der Waals surface area contributed by atoms with Crippen molar-refractivity contribution >= 4 is 5.69 Å². The average molecular weight is 218 g/mol. The lowest BCUT2D eigenvalue weighted by molar-refractivity contribution is -0.0571. The van der Waals surface area contributed by atoms with E-state index in [1.807, 2.05) is 0 Å². The standard InChI is InChI=1S/C12H14N2O2/c1-12(2)11(15)10(13)8-6-7(14-3)4-5-9(8)16-12/h4-6,10-11,15H,13H2,1-2H3/t10-,11+/m1/s1. The van der Waals surface area contributed by atoms with E-state index in [0.717, 1.165) is 0 Å². The summed E-state index contributed by atoms with van der Waals surface area (Å²) in [6.45, 7) is 10.5. The Morgan fingerprint density at radius 2 is 2.19 bits per heavy atom. The number of nitrogens with zero attached hydrogens (tertiary/aromatic N) is 1. The van der Waals surface area contributed by atoms with E-state index in [2.05, 4.69) is 4.85 Å². The Morgan fingerprint density at radius 1 is 1.50 bits per heavy atom. The number of hydrogen-bond donors (Lipinski definition) is 2. The average Bonchev–Trinajstić information content (AvgIpc) is 2.25. The van der Waals surface area contributed by atoms with Gasteiger partial charge in [0, 0.05) is 5.56 Å². The van der Waals surface area contributed by atoms with Crippen LogP contribution in [0.2, 0.25) is 0 Å². The van der Waals surface area contributed by atoms with Gasteiger partial charge in [0.2, 0.25) is 0 Å². The highest BCUT2D eigenvalue weighted by molar-refractivity contribution is 5.54. The molecule has 0 spiro atoms. The van der Waals surface area contributed by atoms with Crippen molar-refractivity contribution in [2.75, 3.05) is 0 Å². The minimum Gasteiger partial charge on any atom is -0.485 e. The molecule has 0 fully saturated rings. The summed E-state index contributed by atoms with van der Waals surface area (Å²) < 4.78 is 5.67. The van der Waals surface area contributed by atoms with Gasteiger partial charge in [-0.1, -0.05) is 6.07 Å². The fourth-order valence-electron chi connectivity index (χ4n) is 1.91. The van der Waals surface area contributed by atoms with Gasteiger partial charge in [-0.15, -0.1) is 0 Å². The Hall–Kier alpha value is -1.57. The molecule has 0 bridgehead atoms. The summed E-state index contributed by atoms with van der Waals surface area (Å²) in [5.74, 6) is 0.648. The van der Waals surface area contributed by atoms with Crippen molar-refractivity contribution in [3.63, 3.8) is 0 Å². The molecule has 1 heterocycles. The predicted molar refractivity (Wildman–Crippen MR) is 60.3 cm³/mol. The first-order valence-electron chi connectivity index (χ1n) is 5.10. The molecule has 0 saturated carbocycles. The Balaban J connectivity index is 2.52. The molecule has 0 unspecified atom stereocenters. The fraction of sp³-hybridized carbons (Fsp3) is 0.417. The van der Waals surface area contributed by atoms with Gasteiger partial charge in [-0.3, -0.25) is 0 Å². The first-order valence-corrected chi connectivity index (χ1v) is 5.10. The molecule has 0 aromatic heterocycles. The van der Waals surface area contributed by atoms with Crippen LogP contribution in [0.1, 0.15) is 25.5 Å². The zero-order valence-corrected chi connectivity index (χ0v) is 9.27. The quantitative estimate of drug-likeness (QED) is 0.652. The lowest BCUT2D eigenvalue weighted by Gasteiger charge is -2.40. The van der Waals surface area contributed by atoms with Crippen LogP contribution in [-0.2, 0) is 0 Å². The second-order valence-electron chi connectivity index (χ2n) is 4.51. The third-order valence-corrected chi connectivity index (χ3v) is 2.91. The van der Waals surface area contributed by atoms with Crippen LogP contribution < -0.4 is 10.5 Å². The minimum absolute atomic E-state index is 0.504. The van der Waals surface area contributed by atoms with Crippen molar-refractivity contribution in [2.24, 2.45) is 5.73 Å². The molecule has 2 rings (SSSR count). The molecule has 2 atom stereocenters. The van der Waals surface area contributed by atoms with Crippen molar-refractivity contribution in [3.8, 4) is 5.75 Å². The topological polar surface area (TPSA) is 59.8 Å². The number of nitrogens with two attached hydrogens (primary N) is 1. The number of benzene rings is 1. The van der Waals surface area contributed by atoms with Gasteiger partial charge in [0.1, 0.15) is 17.5 Å². The van der Waals surface area contributed by atoms with E-state index in [0.29, 0.717) is 17.0 Å². The summed E-state index contributed by atoms with van der Waals surface area (Å²) in [4.78, 5) is 3.33. The molecule has 1 aromatic rings. The van der Waals surface area contributed by atoms with Crippen LogP contribution in [0, 0.1) is 6.57 Å². The van der Waals surface area contributed by atoms with Crippen LogP contribution in [-0.4, -0.2) is 16.8 Å². The smallest absolute Gasteiger partial charge is 0.187 e. The molecule has 0 radical (unpaired) electrons. The minimum atomic E-state index is -0.777. The van der Waals surface area contributed by atoms with E-state index in [1.54, 1.807) is 32.0 Å². The molecule has 4 heteroatoms. The lowest BCUT2D eigenvalue weighted by atomic mass is 9.87. The normalized spacial score (nSPS) is 26.4. The highest BCUT2D eigenvalue weighted by Gasteiger charge is 2.40. The summed E-state index contributed by atoms with van der Waals surface area (Å²) in [7, 11) is 0. The van der Waals surface area contributed by atoms with Crippen molar-refractivity contribution < 1.29 is 9.84 Å². The Morgan fingerprint density at radius 3 is 2.81 bits per heavy atom. The molecule has 3 N–H and O–H groups in total. The van der Waals surface area contributed by atoms with Crippen LogP contribution in [0.3, 0.4) is 0 Å². The SMILES string of the molecule is [C-]#[N+]c1ccc2c(c1)[C@@H](N)[C@H](O)C(C)(C)O2. The van der Waals surface area contributed by atoms with Gasteiger partial charge in [0.05, 0.1) is 12.6 Å². The van der Waals surface area contributed by atoms with Crippen molar-refractivity contribution in [1.29, 1.82) is 0 Å². The molecule has 1 aromatic carbocycles. The summed E-state index contributed by atoms with van der Waals surface area (Å²) in [6.07, 6.45) is -0.777. The van der Waals surface area contributed by atoms with Gasteiger partial charge >= 0.3 is 0 Å². The van der Waals surface area contributed by atoms with E-state index >= 15 is 0 Å². The van der Waals surface area contributed by atoms with Gasteiger partial charge in [-0.25, -0.2) is 4.85 Å². The van der Waals surface area contributed by atoms with Crippen LogP contribution in [0.5, 0.6) is 5.75 Å². The maximum atomic E-state index is 9.99. The van der Waals surface area contributed by atoms with Gasteiger partial charge in [0.15, 0.2) is 5.69 Å². The number of fused-ring (bicyclic) bond motifs is 1. The molecule has 0 amide bonds. The van der Waals surface area contributed by atoms with E-state index in [-0.39, 0.29) is 0 Å². The Labute approximate surface area is 94.5 Å². The molecule has 84 valence electrons. The highest BCUT2D eigenvalue weighted by Crippen LogP contribution is 2.40. The van der Waals surface area contributed by atoms with E-state index in [4.69, 9.17) is 17.0 Å². The number of aliphatic hydroxyl groups excluding tert-OH is 1. The van der Waals surface area contributed by atoms with E-state index < -0.39 is 17.7 Å². The van der Waals surface area contributed by atoms with Gasteiger partial charge in [-0.05, 0) is 26.0 Å². The summed E-state index contributed by atoms with van der Waals surface area (Å²) in [5.41, 5.74) is 6.45. The molecular weight excluding hydrogens is 204 g/mol. The number of hydrogen-bond acceptors (Lipinski definition) is 3. The maximum absolute atomic E-state index is 9.99. The van der Waals surface area contributed by atoms with Crippen LogP contribution in [0.25, 0.3) is 4.85 Å². The number of ether oxygens (including phenoxy) is 1. The van der Waals surface area contributed by atoms with Gasteiger partial charge < -0.3 is 15.6 Å². The zero-order chi connectivity index (χ0) is 11.9. The second kappa shape index (κ2) is 3.48. The first kappa shape index (κ1) is 10.9. The summed E-state index contributed by atoms with van der Waals surface area (Å²) >= 11 is 0. The van der Waals surface area contributed by atoms with E-state index in [1.165, 1.54) is 0 Å². The largest absolute Gasteiger partial charge is 0.485 e. The molecular formula is C12H14N2O2. The van der Waals surface area contributed by atoms with E-state index in [9.17, 15) is 5.11 Å². The van der Waals surface area contributed by atoms with Crippen molar-refractivity contribution in [1.82, 2.24) is 0 Å². The van der Waals surface area contributed by atoms with Crippen molar-refractivity contribution in [3.05, 3.63) is 35.2 Å². The summed E-state index contributed by atoms with van der Waals surface area (Å²) in [6, 6.07) is 4.58. The zero-order valence-electron chi connectivity index (χ0n) is 9.27. The molecule has 16 heavy (non-hydrogen) atoms. The second-order valence-corrected chi connectivity index (χ2v) is 4.51. The Kier molecular flexibility index (Phi) is 2.38.